The second-order valence-corrected chi connectivity index (χ2v) is 7.17. The van der Waals surface area contributed by atoms with Crippen molar-refractivity contribution in [3.8, 4) is 0 Å². The molecule has 0 heterocycles. The third-order valence-corrected chi connectivity index (χ3v) is 3.55. The molecule has 0 bridgehead atoms. The largest absolute Gasteiger partial charge is 0.480 e. The lowest BCUT2D eigenvalue weighted by molar-refractivity contribution is -0.155. The molecular weight excluding hydrogens is 336 g/mol. The van der Waals surface area contributed by atoms with Crippen molar-refractivity contribution in [2.24, 2.45) is 5.73 Å². The number of aliphatic carboxylic acids is 1. The van der Waals surface area contributed by atoms with Crippen molar-refractivity contribution >= 4 is 17.8 Å². The molecule has 2 atom stereocenters. The SMILES string of the molecule is CC(C)(C)OC(=O)CCC[C@H](N)C(=O)N[C@@H](Cc1ccccc1)C(=O)O. The number of carboxylic acids is 1. The van der Waals surface area contributed by atoms with Gasteiger partial charge < -0.3 is 20.9 Å². The highest BCUT2D eigenvalue weighted by molar-refractivity contribution is 5.87. The Morgan fingerprint density at radius 2 is 1.81 bits per heavy atom. The topological polar surface area (TPSA) is 119 Å². The molecule has 0 radical (unpaired) electrons. The van der Waals surface area contributed by atoms with Crippen molar-refractivity contribution in [1.82, 2.24) is 5.32 Å². The number of nitrogens with one attached hydrogen (secondary N) is 1. The van der Waals surface area contributed by atoms with Crippen LogP contribution < -0.4 is 11.1 Å². The zero-order valence-electron chi connectivity index (χ0n) is 15.5. The number of carboxylic acid groups (broad SMARTS) is 1. The van der Waals surface area contributed by atoms with Crippen molar-refractivity contribution in [3.63, 3.8) is 0 Å². The number of carbonyl (C=O) groups excluding carboxylic acids is 2. The molecule has 0 saturated carbocycles. The molecule has 7 heteroatoms. The van der Waals surface area contributed by atoms with Crippen LogP contribution in [0.3, 0.4) is 0 Å². The molecule has 0 aliphatic heterocycles. The maximum Gasteiger partial charge on any atom is 0.326 e. The van der Waals surface area contributed by atoms with Crippen LogP contribution in [0, 0.1) is 0 Å². The third-order valence-electron chi connectivity index (χ3n) is 3.55. The van der Waals surface area contributed by atoms with E-state index in [9.17, 15) is 19.5 Å². The lowest BCUT2D eigenvalue weighted by atomic mass is 10.0. The number of hydrogen-bond donors (Lipinski definition) is 3. The Kier molecular flexibility index (Phi) is 8.25. The van der Waals surface area contributed by atoms with E-state index < -0.39 is 29.6 Å². The molecule has 1 aromatic carbocycles. The predicted octanol–water partition coefficient (Wildman–Crippen LogP) is 1.64. The first-order chi connectivity index (χ1) is 12.1. The van der Waals surface area contributed by atoms with E-state index in [4.69, 9.17) is 10.5 Å². The first-order valence-corrected chi connectivity index (χ1v) is 8.63. The van der Waals surface area contributed by atoms with Crippen molar-refractivity contribution in [2.45, 2.75) is 64.1 Å². The summed E-state index contributed by atoms with van der Waals surface area (Å²) in [5.41, 5.74) is 6.07. The summed E-state index contributed by atoms with van der Waals surface area (Å²) in [4.78, 5) is 35.2. The third kappa shape index (κ3) is 8.62. The van der Waals surface area contributed by atoms with E-state index in [2.05, 4.69) is 5.32 Å². The van der Waals surface area contributed by atoms with Crippen LogP contribution in [0.25, 0.3) is 0 Å². The van der Waals surface area contributed by atoms with E-state index in [1.165, 1.54) is 0 Å². The zero-order chi connectivity index (χ0) is 19.7. The Morgan fingerprint density at radius 3 is 2.35 bits per heavy atom. The molecule has 0 aliphatic rings. The molecule has 0 aromatic heterocycles. The number of benzene rings is 1. The number of hydrogen-bond acceptors (Lipinski definition) is 5. The molecule has 144 valence electrons. The minimum atomic E-state index is -1.12. The number of nitrogens with two attached hydrogens (primary N) is 1. The molecule has 0 fully saturated rings. The summed E-state index contributed by atoms with van der Waals surface area (Å²) in [6, 6.07) is 7.10. The fourth-order valence-electron chi connectivity index (χ4n) is 2.32. The quantitative estimate of drug-likeness (QED) is 0.573. The Hall–Kier alpha value is -2.41. The van der Waals surface area contributed by atoms with Crippen LogP contribution in [0.5, 0.6) is 0 Å². The average Bonchev–Trinajstić information content (AvgIpc) is 2.53. The molecule has 0 unspecified atom stereocenters. The van der Waals surface area contributed by atoms with Crippen molar-refractivity contribution in [1.29, 1.82) is 0 Å². The van der Waals surface area contributed by atoms with Gasteiger partial charge in [-0.15, -0.1) is 0 Å². The van der Waals surface area contributed by atoms with E-state index in [1.54, 1.807) is 45.0 Å². The zero-order valence-corrected chi connectivity index (χ0v) is 15.5. The van der Waals surface area contributed by atoms with Crippen molar-refractivity contribution in [3.05, 3.63) is 35.9 Å². The minimum absolute atomic E-state index is 0.157. The summed E-state index contributed by atoms with van der Waals surface area (Å²) in [6.07, 6.45) is 0.986. The van der Waals surface area contributed by atoms with Gasteiger partial charge in [0.25, 0.3) is 0 Å². The Bertz CT molecular complexity index is 610. The van der Waals surface area contributed by atoms with Crippen LogP contribution in [0.2, 0.25) is 0 Å². The van der Waals surface area contributed by atoms with Crippen LogP contribution >= 0.6 is 0 Å². The summed E-state index contributed by atoms with van der Waals surface area (Å²) in [7, 11) is 0. The molecular formula is C19H28N2O5. The summed E-state index contributed by atoms with van der Waals surface area (Å²) in [5.74, 6) is -2.02. The summed E-state index contributed by atoms with van der Waals surface area (Å²) >= 11 is 0. The highest BCUT2D eigenvalue weighted by Gasteiger charge is 2.24. The van der Waals surface area contributed by atoms with Gasteiger partial charge in [0, 0.05) is 12.8 Å². The van der Waals surface area contributed by atoms with E-state index in [-0.39, 0.29) is 25.2 Å². The molecule has 0 aliphatic carbocycles. The summed E-state index contributed by atoms with van der Waals surface area (Å²) in [5, 5.41) is 11.8. The predicted molar refractivity (Wildman–Crippen MR) is 97.4 cm³/mol. The Labute approximate surface area is 153 Å². The Morgan fingerprint density at radius 1 is 1.19 bits per heavy atom. The van der Waals surface area contributed by atoms with Crippen molar-refractivity contribution in [2.75, 3.05) is 0 Å². The van der Waals surface area contributed by atoms with Crippen molar-refractivity contribution < 1.29 is 24.2 Å². The highest BCUT2D eigenvalue weighted by atomic mass is 16.6. The van der Waals surface area contributed by atoms with Crippen LogP contribution in [-0.2, 0) is 25.5 Å². The van der Waals surface area contributed by atoms with Gasteiger partial charge in [0.1, 0.15) is 11.6 Å². The molecule has 1 rings (SSSR count). The van der Waals surface area contributed by atoms with E-state index >= 15 is 0 Å². The second kappa shape index (κ2) is 9.91. The fourth-order valence-corrected chi connectivity index (χ4v) is 2.32. The lowest BCUT2D eigenvalue weighted by Crippen LogP contribution is -2.49. The van der Waals surface area contributed by atoms with E-state index in [1.807, 2.05) is 6.07 Å². The van der Waals surface area contributed by atoms with Crippen LogP contribution in [0.15, 0.2) is 30.3 Å². The molecule has 1 aromatic rings. The number of esters is 1. The standard InChI is InChI=1S/C19H28N2O5/c1-19(2,3)26-16(22)11-7-10-14(20)17(23)21-15(18(24)25)12-13-8-5-4-6-9-13/h4-6,8-9,14-15H,7,10-12,20H2,1-3H3,(H,21,23)(H,24,25)/t14-,15-/m0/s1. The van der Waals surface area contributed by atoms with Gasteiger partial charge in [0.15, 0.2) is 0 Å². The number of carbonyl (C=O) groups is 3. The first kappa shape index (κ1) is 21.6. The lowest BCUT2D eigenvalue weighted by Gasteiger charge is -2.20. The molecule has 0 saturated heterocycles. The monoisotopic (exact) mass is 364 g/mol. The molecule has 1 amide bonds. The molecule has 7 nitrogen and oxygen atoms in total. The van der Waals surface area contributed by atoms with Gasteiger partial charge in [-0.05, 0) is 39.2 Å². The van der Waals surface area contributed by atoms with Crippen LogP contribution in [0.1, 0.15) is 45.6 Å². The van der Waals surface area contributed by atoms with Crippen LogP contribution in [-0.4, -0.2) is 40.6 Å². The van der Waals surface area contributed by atoms with Gasteiger partial charge in [-0.3, -0.25) is 9.59 Å². The van der Waals surface area contributed by atoms with Gasteiger partial charge in [-0.1, -0.05) is 30.3 Å². The first-order valence-electron chi connectivity index (χ1n) is 8.63. The van der Waals surface area contributed by atoms with E-state index in [0.717, 1.165) is 5.56 Å². The fraction of sp³-hybridized carbons (Fsp3) is 0.526. The molecule has 0 spiro atoms. The van der Waals surface area contributed by atoms with Gasteiger partial charge in [-0.2, -0.15) is 0 Å². The minimum Gasteiger partial charge on any atom is -0.480 e. The van der Waals surface area contributed by atoms with Gasteiger partial charge in [0.05, 0.1) is 6.04 Å². The smallest absolute Gasteiger partial charge is 0.326 e. The molecule has 4 N–H and O–H groups in total. The number of amides is 1. The number of ether oxygens (including phenoxy) is 1. The number of rotatable bonds is 9. The van der Waals surface area contributed by atoms with Gasteiger partial charge in [0.2, 0.25) is 5.91 Å². The van der Waals surface area contributed by atoms with E-state index in [0.29, 0.717) is 6.42 Å². The van der Waals surface area contributed by atoms with Gasteiger partial charge >= 0.3 is 11.9 Å². The normalized spacial score (nSPS) is 13.5. The summed E-state index contributed by atoms with van der Waals surface area (Å²) in [6.45, 7) is 5.34. The van der Waals surface area contributed by atoms with Gasteiger partial charge in [-0.25, -0.2) is 4.79 Å². The maximum absolute atomic E-state index is 12.1. The highest BCUT2D eigenvalue weighted by Crippen LogP contribution is 2.10. The maximum atomic E-state index is 12.1. The van der Waals surface area contributed by atoms with Crippen LogP contribution in [0.4, 0.5) is 0 Å². The molecule has 26 heavy (non-hydrogen) atoms. The Balaban J connectivity index is 2.45. The average molecular weight is 364 g/mol. The second-order valence-electron chi connectivity index (χ2n) is 7.17. The summed E-state index contributed by atoms with van der Waals surface area (Å²) < 4.78 is 5.18.